The highest BCUT2D eigenvalue weighted by Crippen LogP contribution is 2.29. The van der Waals surface area contributed by atoms with Gasteiger partial charge in [0.25, 0.3) is 0 Å². The Labute approximate surface area is 111 Å². The maximum atomic E-state index is 10.4. The van der Waals surface area contributed by atoms with Crippen LogP contribution in [0.25, 0.3) is 11.0 Å². The summed E-state index contributed by atoms with van der Waals surface area (Å²) in [7, 11) is 0. The van der Waals surface area contributed by atoms with Crippen molar-refractivity contribution < 1.29 is 9.52 Å². The molecule has 0 saturated heterocycles. The molecule has 1 N–H and O–H groups in total. The fraction of sp³-hybridized carbons (Fsp3) is 0.188. The first-order valence-electron chi connectivity index (χ1n) is 6.24. The van der Waals surface area contributed by atoms with Crippen molar-refractivity contribution in [1.82, 2.24) is 4.98 Å². The van der Waals surface area contributed by atoms with E-state index >= 15 is 0 Å². The Hall–Kier alpha value is -2.13. The van der Waals surface area contributed by atoms with Gasteiger partial charge in [0.15, 0.2) is 0 Å². The second-order valence-electron chi connectivity index (χ2n) is 4.84. The Morgan fingerprint density at radius 2 is 2.00 bits per heavy atom. The van der Waals surface area contributed by atoms with Crippen molar-refractivity contribution in [2.45, 2.75) is 20.0 Å². The SMILES string of the molecule is Cc1cncc(C(O)c2cc3cccc(C)c3o2)c1. The molecule has 0 aliphatic heterocycles. The lowest BCUT2D eigenvalue weighted by atomic mass is 10.1. The third-order valence-electron chi connectivity index (χ3n) is 3.24. The molecule has 3 rings (SSSR count). The Kier molecular flexibility index (Phi) is 2.84. The van der Waals surface area contributed by atoms with Gasteiger partial charge < -0.3 is 9.52 Å². The zero-order chi connectivity index (χ0) is 13.4. The van der Waals surface area contributed by atoms with E-state index in [2.05, 4.69) is 4.98 Å². The fourth-order valence-electron chi connectivity index (χ4n) is 2.26. The lowest BCUT2D eigenvalue weighted by Crippen LogP contribution is -1.99. The van der Waals surface area contributed by atoms with E-state index in [9.17, 15) is 5.11 Å². The van der Waals surface area contributed by atoms with Crippen LogP contribution in [-0.4, -0.2) is 10.1 Å². The van der Waals surface area contributed by atoms with Crippen molar-refractivity contribution in [1.29, 1.82) is 0 Å². The van der Waals surface area contributed by atoms with Gasteiger partial charge in [0.2, 0.25) is 0 Å². The Bertz CT molecular complexity index is 730. The molecule has 3 aromatic rings. The molecular weight excluding hydrogens is 238 g/mol. The van der Waals surface area contributed by atoms with E-state index in [4.69, 9.17) is 4.42 Å². The lowest BCUT2D eigenvalue weighted by molar-refractivity contribution is 0.192. The summed E-state index contributed by atoms with van der Waals surface area (Å²) in [5.74, 6) is 0.553. The molecule has 0 radical (unpaired) electrons. The Morgan fingerprint density at radius 3 is 2.74 bits per heavy atom. The maximum absolute atomic E-state index is 10.4. The molecule has 0 amide bonds. The fourth-order valence-corrected chi connectivity index (χ4v) is 2.26. The number of pyridine rings is 1. The first kappa shape index (κ1) is 11.9. The van der Waals surface area contributed by atoms with Crippen LogP contribution in [0.1, 0.15) is 28.6 Å². The molecule has 0 fully saturated rings. The van der Waals surface area contributed by atoms with Crippen LogP contribution in [0, 0.1) is 13.8 Å². The molecule has 96 valence electrons. The van der Waals surface area contributed by atoms with Gasteiger partial charge in [-0.2, -0.15) is 0 Å². The topological polar surface area (TPSA) is 46.3 Å². The number of rotatable bonds is 2. The number of aromatic nitrogens is 1. The minimum absolute atomic E-state index is 0.553. The van der Waals surface area contributed by atoms with Gasteiger partial charge in [0.05, 0.1) is 0 Å². The average molecular weight is 253 g/mol. The molecule has 1 atom stereocenters. The average Bonchev–Trinajstić information content (AvgIpc) is 2.83. The second kappa shape index (κ2) is 4.52. The standard InChI is InChI=1S/C16H15NO2/c1-10-6-13(9-17-8-10)15(18)14-7-12-5-3-4-11(2)16(12)19-14/h3-9,15,18H,1-2H3. The van der Waals surface area contributed by atoms with Crippen molar-refractivity contribution in [3.05, 3.63) is 65.2 Å². The molecule has 1 unspecified atom stereocenters. The molecule has 2 heterocycles. The summed E-state index contributed by atoms with van der Waals surface area (Å²) in [5, 5.41) is 11.4. The van der Waals surface area contributed by atoms with Gasteiger partial charge >= 0.3 is 0 Å². The number of aliphatic hydroxyl groups excluding tert-OH is 1. The van der Waals surface area contributed by atoms with Crippen molar-refractivity contribution in [3.8, 4) is 0 Å². The highest BCUT2D eigenvalue weighted by atomic mass is 16.4. The van der Waals surface area contributed by atoms with Gasteiger partial charge in [-0.05, 0) is 37.1 Å². The van der Waals surface area contributed by atoms with E-state index in [1.165, 1.54) is 0 Å². The smallest absolute Gasteiger partial charge is 0.138 e. The summed E-state index contributed by atoms with van der Waals surface area (Å²) >= 11 is 0. The number of hydrogen-bond acceptors (Lipinski definition) is 3. The quantitative estimate of drug-likeness (QED) is 0.760. The van der Waals surface area contributed by atoms with Gasteiger partial charge in [-0.25, -0.2) is 0 Å². The molecule has 0 saturated carbocycles. The lowest BCUT2D eigenvalue weighted by Gasteiger charge is -2.07. The van der Waals surface area contributed by atoms with E-state index in [1.54, 1.807) is 12.4 Å². The zero-order valence-corrected chi connectivity index (χ0v) is 10.9. The van der Waals surface area contributed by atoms with E-state index in [1.807, 2.05) is 44.2 Å². The number of aryl methyl sites for hydroxylation is 2. The number of para-hydroxylation sites is 1. The highest BCUT2D eigenvalue weighted by molar-refractivity contribution is 5.81. The van der Waals surface area contributed by atoms with Crippen molar-refractivity contribution >= 4 is 11.0 Å². The Morgan fingerprint density at radius 1 is 1.16 bits per heavy atom. The third kappa shape index (κ3) is 2.13. The van der Waals surface area contributed by atoms with Crippen molar-refractivity contribution in [2.75, 3.05) is 0 Å². The normalized spacial score (nSPS) is 12.8. The van der Waals surface area contributed by atoms with Gasteiger partial charge in [0, 0.05) is 23.3 Å². The number of furan rings is 1. The maximum Gasteiger partial charge on any atom is 0.138 e. The highest BCUT2D eigenvalue weighted by Gasteiger charge is 2.16. The van der Waals surface area contributed by atoms with Crippen LogP contribution < -0.4 is 0 Å². The molecule has 2 aromatic heterocycles. The van der Waals surface area contributed by atoms with Crippen LogP contribution in [0.5, 0.6) is 0 Å². The third-order valence-corrected chi connectivity index (χ3v) is 3.24. The van der Waals surface area contributed by atoms with Crippen LogP contribution in [0.3, 0.4) is 0 Å². The molecule has 0 spiro atoms. The van der Waals surface area contributed by atoms with E-state index in [0.29, 0.717) is 5.76 Å². The summed E-state index contributed by atoms with van der Waals surface area (Å²) < 4.78 is 5.78. The largest absolute Gasteiger partial charge is 0.458 e. The van der Waals surface area contributed by atoms with Crippen LogP contribution in [0.15, 0.2) is 47.1 Å². The van der Waals surface area contributed by atoms with Crippen LogP contribution in [-0.2, 0) is 0 Å². The molecule has 19 heavy (non-hydrogen) atoms. The molecule has 0 bridgehead atoms. The summed E-state index contributed by atoms with van der Waals surface area (Å²) in [4.78, 5) is 4.10. The van der Waals surface area contributed by atoms with Gasteiger partial charge in [0.1, 0.15) is 17.4 Å². The molecule has 0 aliphatic carbocycles. The zero-order valence-electron chi connectivity index (χ0n) is 10.9. The summed E-state index contributed by atoms with van der Waals surface area (Å²) in [6, 6.07) is 9.76. The van der Waals surface area contributed by atoms with Gasteiger partial charge in [-0.3, -0.25) is 4.98 Å². The van der Waals surface area contributed by atoms with Crippen molar-refractivity contribution in [3.63, 3.8) is 0 Å². The minimum atomic E-state index is -0.779. The van der Waals surface area contributed by atoms with Crippen LogP contribution in [0.2, 0.25) is 0 Å². The predicted molar refractivity (Wildman–Crippen MR) is 74.0 cm³/mol. The van der Waals surface area contributed by atoms with Crippen molar-refractivity contribution in [2.24, 2.45) is 0 Å². The summed E-state index contributed by atoms with van der Waals surface area (Å²) in [5.41, 5.74) is 3.66. The van der Waals surface area contributed by atoms with E-state index in [0.717, 1.165) is 27.7 Å². The summed E-state index contributed by atoms with van der Waals surface area (Å²) in [6.07, 6.45) is 2.65. The number of hydrogen-bond donors (Lipinski definition) is 1. The summed E-state index contributed by atoms with van der Waals surface area (Å²) in [6.45, 7) is 3.95. The molecule has 3 nitrogen and oxygen atoms in total. The van der Waals surface area contributed by atoms with E-state index in [-0.39, 0.29) is 0 Å². The van der Waals surface area contributed by atoms with E-state index < -0.39 is 6.10 Å². The number of fused-ring (bicyclic) bond motifs is 1. The predicted octanol–water partition coefficient (Wildman–Crippen LogP) is 3.53. The molecule has 3 heteroatoms. The molecular formula is C16H15NO2. The number of aliphatic hydroxyl groups is 1. The van der Waals surface area contributed by atoms with Crippen LogP contribution in [0.4, 0.5) is 0 Å². The monoisotopic (exact) mass is 253 g/mol. The first-order valence-corrected chi connectivity index (χ1v) is 6.24. The first-order chi connectivity index (χ1) is 9.15. The van der Waals surface area contributed by atoms with Gasteiger partial charge in [-0.15, -0.1) is 0 Å². The molecule has 0 aliphatic rings. The number of benzene rings is 1. The Balaban J connectivity index is 2.06. The number of nitrogens with zero attached hydrogens (tertiary/aromatic N) is 1. The van der Waals surface area contributed by atoms with Gasteiger partial charge in [-0.1, -0.05) is 18.2 Å². The van der Waals surface area contributed by atoms with Crippen LogP contribution >= 0.6 is 0 Å². The minimum Gasteiger partial charge on any atom is -0.458 e. The second-order valence-corrected chi connectivity index (χ2v) is 4.84. The molecule has 1 aromatic carbocycles.